The van der Waals surface area contributed by atoms with E-state index >= 15 is 0 Å². The summed E-state index contributed by atoms with van der Waals surface area (Å²) in [7, 11) is 0. The van der Waals surface area contributed by atoms with Crippen LogP contribution in [0.15, 0.2) is 194 Å². The second kappa shape index (κ2) is 19.1. The monoisotopic (exact) mass is 889 g/mol. The van der Waals surface area contributed by atoms with Gasteiger partial charge in [0.05, 0.1) is 19.7 Å². The van der Waals surface area contributed by atoms with Gasteiger partial charge in [-0.05, 0) is 109 Å². The van der Waals surface area contributed by atoms with E-state index in [2.05, 4.69) is 181 Å². The largest absolute Gasteiger partial charge is 0.494 e. The number of nitrogens with zero attached hydrogens (tertiary/aromatic N) is 9. The average molecular weight is 890 g/mol. The predicted molar refractivity (Wildman–Crippen MR) is 273 cm³/mol. The molecule has 0 bridgehead atoms. The van der Waals surface area contributed by atoms with Gasteiger partial charge in [0.15, 0.2) is 12.2 Å². The highest BCUT2D eigenvalue weighted by atomic mass is 16.5. The minimum absolute atomic E-state index is 0.0749. The van der Waals surface area contributed by atoms with Crippen LogP contribution in [0.4, 0.5) is 39.8 Å². The lowest BCUT2D eigenvalue weighted by atomic mass is 9.95. The maximum Gasteiger partial charge on any atom is 0.187 e. The van der Waals surface area contributed by atoms with Crippen molar-refractivity contribution in [2.45, 2.75) is 46.7 Å². The smallest absolute Gasteiger partial charge is 0.187 e. The van der Waals surface area contributed by atoms with Gasteiger partial charge in [0.1, 0.15) is 16.8 Å². The Bertz CT molecular complexity index is 3040. The molecule has 0 aliphatic carbocycles. The highest BCUT2D eigenvalue weighted by molar-refractivity contribution is 6.16. The zero-order chi connectivity index (χ0) is 46.5. The molecule has 0 aliphatic rings. The normalized spacial score (nSPS) is 11.4. The Morgan fingerprint density at radius 1 is 0.544 bits per heavy atom. The maximum atomic E-state index is 7.25. The number of anilines is 6. The van der Waals surface area contributed by atoms with Crippen molar-refractivity contribution in [3.8, 4) is 28.0 Å². The second-order valence-corrected chi connectivity index (χ2v) is 18.0. The summed E-state index contributed by atoms with van der Waals surface area (Å²) in [6.45, 7) is 15.6. The number of hydrogen-bond acceptors (Lipinski definition) is 6. The molecule has 10 aromatic rings. The minimum Gasteiger partial charge on any atom is -0.494 e. The third kappa shape index (κ3) is 9.28. The Kier molecular flexibility index (Phi) is 12.2. The van der Waals surface area contributed by atoms with E-state index in [1.807, 2.05) is 46.0 Å². The van der Waals surface area contributed by atoms with Crippen molar-refractivity contribution in [1.29, 1.82) is 0 Å². The fourth-order valence-electron chi connectivity index (χ4n) is 8.65. The summed E-state index contributed by atoms with van der Waals surface area (Å²) in [6.07, 6.45) is 1.60. The highest BCUT2D eigenvalue weighted by Gasteiger charge is 2.25. The number of fused-ring (bicyclic) bond motifs is 2. The Morgan fingerprint density at radius 3 is 1.44 bits per heavy atom. The molecule has 334 valence electrons. The molecule has 68 heavy (non-hydrogen) atoms. The molecule has 2 aromatic heterocycles. The van der Waals surface area contributed by atoms with Gasteiger partial charge in [-0.1, -0.05) is 130 Å². The van der Waals surface area contributed by atoms with Crippen molar-refractivity contribution >= 4 is 61.9 Å². The van der Waals surface area contributed by atoms with Crippen molar-refractivity contribution in [1.82, 2.24) is 25.2 Å². The first-order valence-electron chi connectivity index (χ1n) is 23.1. The molecule has 0 fully saturated rings. The number of unbranched alkanes of at least 4 members (excludes halogenated alkanes) is 1. The number of hydrogen-bond donors (Lipinski definition) is 0. The molecule has 10 heteroatoms. The van der Waals surface area contributed by atoms with E-state index in [4.69, 9.17) is 31.7 Å². The van der Waals surface area contributed by atoms with Gasteiger partial charge in [0.25, 0.3) is 0 Å². The molecule has 2 heterocycles. The van der Waals surface area contributed by atoms with Crippen LogP contribution >= 0.6 is 0 Å². The first-order valence-corrected chi connectivity index (χ1v) is 23.1. The second-order valence-electron chi connectivity index (χ2n) is 18.0. The van der Waals surface area contributed by atoms with Gasteiger partial charge in [0.2, 0.25) is 0 Å². The Labute approximate surface area is 397 Å². The molecule has 10 rings (SSSR count). The summed E-state index contributed by atoms with van der Waals surface area (Å²) in [6, 6.07) is 66.4. The molecule has 0 unspecified atom stereocenters. The summed E-state index contributed by atoms with van der Waals surface area (Å²) >= 11 is 0. The van der Waals surface area contributed by atoms with Crippen LogP contribution in [0.2, 0.25) is 0 Å². The molecule has 0 spiro atoms. The Morgan fingerprint density at radius 2 is 0.985 bits per heavy atom. The number of ether oxygens (including phenoxy) is 1. The summed E-state index contributed by atoms with van der Waals surface area (Å²) in [5.41, 5.74) is 13.7. The van der Waals surface area contributed by atoms with Gasteiger partial charge >= 0.3 is 0 Å². The van der Waals surface area contributed by atoms with Crippen LogP contribution in [0.5, 0.6) is 5.75 Å². The quantitative estimate of drug-likeness (QED) is 0.0576. The van der Waals surface area contributed by atoms with Crippen LogP contribution < -0.4 is 24.4 Å². The van der Waals surface area contributed by atoms with Crippen LogP contribution in [0.1, 0.15) is 33.6 Å². The van der Waals surface area contributed by atoms with Crippen molar-refractivity contribution in [2.24, 2.45) is 5.41 Å². The van der Waals surface area contributed by atoms with Crippen molar-refractivity contribution < 1.29 is 9.53 Å². The molecule has 10 nitrogen and oxygen atoms in total. The molecule has 0 atom stereocenters. The van der Waals surface area contributed by atoms with Gasteiger partial charge in [-0.3, -0.25) is 0 Å². The van der Waals surface area contributed by atoms with Gasteiger partial charge in [-0.15, -0.1) is 0 Å². The molecule has 0 radical (unpaired) electrons. The molecular weight excluding hydrogens is 839 g/mol. The lowest BCUT2D eigenvalue weighted by Gasteiger charge is -2.25. The first kappa shape index (κ1) is 43.3. The van der Waals surface area contributed by atoms with Crippen LogP contribution in [0.3, 0.4) is 0 Å². The van der Waals surface area contributed by atoms with E-state index in [0.717, 1.165) is 97.0 Å². The fourth-order valence-corrected chi connectivity index (χ4v) is 8.65. The van der Waals surface area contributed by atoms with Crippen LogP contribution in [0.25, 0.3) is 49.2 Å². The number of aromatic nitrogens is 6. The summed E-state index contributed by atoms with van der Waals surface area (Å²) in [5, 5.41) is 21.2. The molecule has 0 N–H and O–H groups in total. The molecular formula is C58H51N9O. The highest BCUT2D eigenvalue weighted by Crippen LogP contribution is 2.43. The lowest BCUT2D eigenvalue weighted by molar-refractivity contribution is -0.813. The maximum absolute atomic E-state index is 7.25. The van der Waals surface area contributed by atoms with Gasteiger partial charge in [0, 0.05) is 61.7 Å². The van der Waals surface area contributed by atoms with Crippen LogP contribution in [-0.4, -0.2) is 26.7 Å². The molecule has 0 saturated heterocycles. The Hall–Kier alpha value is -8.55. The minimum atomic E-state index is -0.0749. The third-order valence-corrected chi connectivity index (χ3v) is 11.7. The third-order valence-electron chi connectivity index (χ3n) is 11.7. The topological polar surface area (TPSA) is 81.7 Å². The van der Waals surface area contributed by atoms with Crippen LogP contribution in [-0.2, 0) is 13.1 Å². The van der Waals surface area contributed by atoms with Gasteiger partial charge in [-0.25, -0.2) is 4.85 Å². The lowest BCUT2D eigenvalue weighted by Crippen LogP contribution is -2.45. The average Bonchev–Trinajstić information content (AvgIpc) is 3.98. The fraction of sp³-hybridized carbons (Fsp3) is 0.155. The van der Waals surface area contributed by atoms with Crippen molar-refractivity contribution in [2.75, 3.05) is 16.4 Å². The van der Waals surface area contributed by atoms with Crippen molar-refractivity contribution in [3.63, 3.8) is 0 Å². The standard InChI is InChI=1S/C58H51N9O/c1-58(2,3)41-65-62-56-52(42-27-33-49(34-28-42)66(45-19-9-5-10-20-45)46-21-11-6-12-22-46)54-55(61-64(60-54)39-17-18-40-68-51-37-31-44(59-4)32-38-51)53(57(56)63-65)43-29-35-50(36-30-43)67(47-23-13-7-14-24-47)48-25-15-8-16-26-48/h5-16,19-38H,17-18,39-41H2,1-3H3. The molecule has 0 saturated carbocycles. The zero-order valence-electron chi connectivity index (χ0n) is 38.4. The van der Waals surface area contributed by atoms with E-state index in [-0.39, 0.29) is 5.41 Å². The van der Waals surface area contributed by atoms with E-state index in [9.17, 15) is 0 Å². The zero-order valence-corrected chi connectivity index (χ0v) is 38.4. The van der Waals surface area contributed by atoms with E-state index in [0.29, 0.717) is 25.4 Å². The number of para-hydroxylation sites is 4. The Balaban J connectivity index is 1.09. The SMILES string of the molecule is [C-]#[N+]c1ccc(OCCCCn2nc3c(-c4ccc(N(c5ccccc5)c5ccccc5)cc4)c4n[n+](CC(C)(C)C)[n-]c4c(-c4ccc(N(c5ccccc5)c5ccccc5)cc4)c3n2)cc1. The summed E-state index contributed by atoms with van der Waals surface area (Å²) < 4.78 is 6.03. The molecule has 8 aromatic carbocycles. The summed E-state index contributed by atoms with van der Waals surface area (Å²) in [4.78, 5) is 11.7. The van der Waals surface area contributed by atoms with Gasteiger partial charge in [-0.2, -0.15) is 30.0 Å². The molecule has 0 amide bonds. The van der Waals surface area contributed by atoms with Crippen molar-refractivity contribution in [3.05, 3.63) is 206 Å². The number of benzene rings is 8. The number of rotatable bonds is 15. The first-order chi connectivity index (χ1) is 33.3. The van der Waals surface area contributed by atoms with E-state index in [1.165, 1.54) is 0 Å². The predicted octanol–water partition coefficient (Wildman–Crippen LogP) is 14.0. The number of aryl methyl sites for hydroxylation is 1. The summed E-state index contributed by atoms with van der Waals surface area (Å²) in [5.74, 6) is 0.750. The van der Waals surface area contributed by atoms with E-state index < -0.39 is 0 Å². The van der Waals surface area contributed by atoms with Crippen LogP contribution in [0, 0.1) is 12.0 Å². The molecule has 0 aliphatic heterocycles. The van der Waals surface area contributed by atoms with Gasteiger partial charge < -0.3 is 14.5 Å². The van der Waals surface area contributed by atoms with E-state index in [1.54, 1.807) is 12.1 Å².